The van der Waals surface area contributed by atoms with Gasteiger partial charge in [-0.05, 0) is 17.5 Å². The summed E-state index contributed by atoms with van der Waals surface area (Å²) < 4.78 is 11.4. The van der Waals surface area contributed by atoms with E-state index in [0.29, 0.717) is 0 Å². The van der Waals surface area contributed by atoms with E-state index in [0.717, 1.165) is 24.8 Å². The fourth-order valence-electron chi connectivity index (χ4n) is 4.43. The zero-order chi connectivity index (χ0) is 22.9. The molecule has 6 nitrogen and oxygen atoms in total. The van der Waals surface area contributed by atoms with Crippen LogP contribution in [0.3, 0.4) is 0 Å². The molecule has 178 valence electrons. The van der Waals surface area contributed by atoms with Gasteiger partial charge in [0.15, 0.2) is 0 Å². The van der Waals surface area contributed by atoms with Gasteiger partial charge in [-0.3, -0.25) is 4.79 Å². The van der Waals surface area contributed by atoms with Gasteiger partial charge in [0.25, 0.3) is 0 Å². The SMILES string of the molecule is CCCCCCCCCCCCCC[C@@H]1OC[C@@H](N=[N+]=[N-])[C@H]1C(=O)OCc1ccccc1. The van der Waals surface area contributed by atoms with Gasteiger partial charge in [0, 0.05) is 4.91 Å². The molecule has 0 N–H and O–H groups in total. The third-order valence-corrected chi connectivity index (χ3v) is 6.33. The van der Waals surface area contributed by atoms with E-state index in [4.69, 9.17) is 15.0 Å². The molecule has 0 aliphatic carbocycles. The molecule has 0 radical (unpaired) electrons. The third-order valence-electron chi connectivity index (χ3n) is 6.33. The normalized spacial score (nSPS) is 20.1. The van der Waals surface area contributed by atoms with E-state index in [9.17, 15) is 4.79 Å². The van der Waals surface area contributed by atoms with Gasteiger partial charge in [-0.1, -0.05) is 119 Å². The minimum atomic E-state index is -0.512. The van der Waals surface area contributed by atoms with Gasteiger partial charge < -0.3 is 9.47 Å². The second-order valence-electron chi connectivity index (χ2n) is 8.94. The van der Waals surface area contributed by atoms with Gasteiger partial charge in [0.05, 0.1) is 24.7 Å². The lowest BCUT2D eigenvalue weighted by atomic mass is 9.93. The predicted molar refractivity (Wildman–Crippen MR) is 128 cm³/mol. The van der Waals surface area contributed by atoms with Crippen molar-refractivity contribution in [2.45, 2.75) is 109 Å². The molecule has 1 aliphatic heterocycles. The Bertz CT molecular complexity index is 676. The Morgan fingerprint density at radius 3 is 2.19 bits per heavy atom. The summed E-state index contributed by atoms with van der Waals surface area (Å²) in [6.45, 7) is 2.78. The zero-order valence-corrected chi connectivity index (χ0v) is 19.8. The van der Waals surface area contributed by atoms with Crippen molar-refractivity contribution in [3.8, 4) is 0 Å². The van der Waals surface area contributed by atoms with Gasteiger partial charge in [-0.2, -0.15) is 0 Å². The summed E-state index contributed by atoms with van der Waals surface area (Å²) >= 11 is 0. The molecule has 0 aromatic heterocycles. The molecule has 0 saturated carbocycles. The number of hydrogen-bond acceptors (Lipinski definition) is 4. The van der Waals surface area contributed by atoms with Crippen LogP contribution in [0.5, 0.6) is 0 Å². The minimum absolute atomic E-state index is 0.225. The van der Waals surface area contributed by atoms with Crippen LogP contribution in [0.2, 0.25) is 0 Å². The Morgan fingerprint density at radius 1 is 1.00 bits per heavy atom. The van der Waals surface area contributed by atoms with E-state index in [-0.39, 0.29) is 25.3 Å². The van der Waals surface area contributed by atoms with Crippen LogP contribution in [-0.4, -0.2) is 24.7 Å². The second kappa shape index (κ2) is 16.6. The number of azide groups is 1. The summed E-state index contributed by atoms with van der Waals surface area (Å²) in [5.41, 5.74) is 9.80. The number of esters is 1. The van der Waals surface area contributed by atoms with E-state index >= 15 is 0 Å². The molecule has 0 bridgehead atoms. The molecule has 1 heterocycles. The molecule has 1 aromatic rings. The highest BCUT2D eigenvalue weighted by molar-refractivity contribution is 5.74. The summed E-state index contributed by atoms with van der Waals surface area (Å²) in [5, 5.41) is 3.80. The predicted octanol–water partition coefficient (Wildman–Crippen LogP) is 7.51. The highest BCUT2D eigenvalue weighted by Crippen LogP contribution is 2.30. The molecular formula is C26H41N3O3. The van der Waals surface area contributed by atoms with E-state index in [1.54, 1.807) is 0 Å². The van der Waals surface area contributed by atoms with Crippen molar-refractivity contribution in [2.75, 3.05) is 6.61 Å². The summed E-state index contributed by atoms with van der Waals surface area (Å²) in [6, 6.07) is 9.13. The lowest BCUT2D eigenvalue weighted by Crippen LogP contribution is -2.32. The number of rotatable bonds is 17. The smallest absolute Gasteiger partial charge is 0.312 e. The zero-order valence-electron chi connectivity index (χ0n) is 19.8. The summed E-state index contributed by atoms with van der Waals surface area (Å²) in [6.07, 6.45) is 16.1. The van der Waals surface area contributed by atoms with Crippen LogP contribution in [0.15, 0.2) is 35.4 Å². The largest absolute Gasteiger partial charge is 0.461 e. The lowest BCUT2D eigenvalue weighted by Gasteiger charge is -2.19. The molecule has 6 heteroatoms. The van der Waals surface area contributed by atoms with Gasteiger partial charge in [0.2, 0.25) is 0 Å². The van der Waals surface area contributed by atoms with E-state index < -0.39 is 12.0 Å². The molecule has 3 atom stereocenters. The molecule has 0 amide bonds. The maximum atomic E-state index is 12.7. The van der Waals surface area contributed by atoms with Crippen LogP contribution >= 0.6 is 0 Å². The first kappa shape index (κ1) is 26.2. The first-order valence-corrected chi connectivity index (χ1v) is 12.6. The molecule has 1 fully saturated rings. The van der Waals surface area contributed by atoms with Crippen LogP contribution in [0.4, 0.5) is 0 Å². The van der Waals surface area contributed by atoms with E-state index in [1.165, 1.54) is 64.2 Å². The molecule has 1 saturated heterocycles. The average molecular weight is 444 g/mol. The number of nitrogens with zero attached hydrogens (tertiary/aromatic N) is 3. The molecular weight excluding hydrogens is 402 g/mol. The quantitative estimate of drug-likeness (QED) is 0.0820. The van der Waals surface area contributed by atoms with Crippen molar-refractivity contribution < 1.29 is 14.3 Å². The molecule has 1 aliphatic rings. The van der Waals surface area contributed by atoms with Gasteiger partial charge in [-0.25, -0.2) is 0 Å². The Labute approximate surface area is 193 Å². The lowest BCUT2D eigenvalue weighted by molar-refractivity contribution is -0.152. The van der Waals surface area contributed by atoms with Crippen LogP contribution in [0.1, 0.15) is 96.0 Å². The Balaban J connectivity index is 1.63. The number of carbonyl (C=O) groups excluding carboxylic acids is 1. The molecule has 2 rings (SSSR count). The monoisotopic (exact) mass is 443 g/mol. The Morgan fingerprint density at radius 2 is 1.59 bits per heavy atom. The summed E-state index contributed by atoms with van der Waals surface area (Å²) in [4.78, 5) is 15.7. The second-order valence-corrected chi connectivity index (χ2v) is 8.94. The first-order valence-electron chi connectivity index (χ1n) is 12.6. The van der Waals surface area contributed by atoms with E-state index in [2.05, 4.69) is 16.9 Å². The first-order chi connectivity index (χ1) is 15.8. The van der Waals surface area contributed by atoms with Gasteiger partial charge in [0.1, 0.15) is 6.61 Å². The highest BCUT2D eigenvalue weighted by Gasteiger charge is 2.42. The van der Waals surface area contributed by atoms with Crippen LogP contribution in [0, 0.1) is 5.92 Å². The molecule has 0 spiro atoms. The number of benzene rings is 1. The van der Waals surface area contributed by atoms with E-state index in [1.807, 2.05) is 30.3 Å². The number of carbonyl (C=O) groups is 1. The molecule has 0 unspecified atom stereocenters. The van der Waals surface area contributed by atoms with Crippen molar-refractivity contribution in [1.29, 1.82) is 0 Å². The Hall–Kier alpha value is -2.04. The average Bonchev–Trinajstić information content (AvgIpc) is 3.21. The third kappa shape index (κ3) is 10.1. The highest BCUT2D eigenvalue weighted by atomic mass is 16.5. The fraction of sp³-hybridized carbons (Fsp3) is 0.731. The van der Waals surface area contributed by atoms with Crippen molar-refractivity contribution in [1.82, 2.24) is 0 Å². The van der Waals surface area contributed by atoms with Crippen molar-refractivity contribution >= 4 is 5.97 Å². The number of hydrogen-bond donors (Lipinski definition) is 0. The summed E-state index contributed by atoms with van der Waals surface area (Å²) in [7, 11) is 0. The Kier molecular flexibility index (Phi) is 13.6. The van der Waals surface area contributed by atoms with Crippen LogP contribution < -0.4 is 0 Å². The van der Waals surface area contributed by atoms with Crippen molar-refractivity contribution in [3.63, 3.8) is 0 Å². The standard InChI is InChI=1S/C26H41N3O3/c1-2-3-4-5-6-7-8-9-10-11-12-16-19-24-25(23(21-31-24)28-29-27)26(30)32-20-22-17-14-13-15-18-22/h13-15,17-18,23-25H,2-12,16,19-21H2,1H3/t23-,24+,25-/m1/s1. The topological polar surface area (TPSA) is 84.3 Å². The van der Waals surface area contributed by atoms with Crippen LogP contribution in [0.25, 0.3) is 10.4 Å². The maximum absolute atomic E-state index is 12.7. The van der Waals surface area contributed by atoms with Crippen molar-refractivity contribution in [3.05, 3.63) is 46.3 Å². The van der Waals surface area contributed by atoms with Crippen molar-refractivity contribution in [2.24, 2.45) is 11.0 Å². The number of ether oxygens (including phenoxy) is 2. The number of unbranched alkanes of at least 4 members (excludes halogenated alkanes) is 11. The van der Waals surface area contributed by atoms with Crippen LogP contribution in [-0.2, 0) is 20.9 Å². The minimum Gasteiger partial charge on any atom is -0.461 e. The fourth-order valence-corrected chi connectivity index (χ4v) is 4.43. The van der Waals surface area contributed by atoms with Gasteiger partial charge >= 0.3 is 5.97 Å². The molecule has 32 heavy (non-hydrogen) atoms. The maximum Gasteiger partial charge on any atom is 0.312 e. The van der Waals surface area contributed by atoms with Gasteiger partial charge in [-0.15, -0.1) is 0 Å². The summed E-state index contributed by atoms with van der Waals surface area (Å²) in [5.74, 6) is -0.838. The molecule has 1 aromatic carbocycles.